The van der Waals surface area contributed by atoms with E-state index in [9.17, 15) is 14.7 Å². The summed E-state index contributed by atoms with van der Waals surface area (Å²) < 4.78 is 0. The molecule has 0 saturated carbocycles. The molecule has 1 aliphatic heterocycles. The SMILES string of the molecule is Cc1ccc(O)c(N2C(=O)[C@H]3[C@H](C)C=CC[C@@H]3C2=O)c1. The highest BCUT2D eigenvalue weighted by atomic mass is 16.3. The molecule has 1 aromatic carbocycles. The molecule has 20 heavy (non-hydrogen) atoms. The van der Waals surface area contributed by atoms with Crippen molar-refractivity contribution in [3.8, 4) is 5.75 Å². The predicted molar refractivity (Wildman–Crippen MR) is 75.2 cm³/mol. The number of nitrogens with zero attached hydrogens (tertiary/aromatic N) is 1. The topological polar surface area (TPSA) is 57.6 Å². The molecule has 0 spiro atoms. The number of fused-ring (bicyclic) bond motifs is 1. The molecule has 1 heterocycles. The van der Waals surface area contributed by atoms with Gasteiger partial charge >= 0.3 is 0 Å². The molecule has 4 heteroatoms. The van der Waals surface area contributed by atoms with Crippen molar-refractivity contribution < 1.29 is 14.7 Å². The van der Waals surface area contributed by atoms with Crippen LogP contribution in [0.15, 0.2) is 30.4 Å². The number of amides is 2. The molecule has 2 amide bonds. The van der Waals surface area contributed by atoms with E-state index in [1.165, 1.54) is 11.0 Å². The zero-order valence-corrected chi connectivity index (χ0v) is 11.5. The number of allylic oxidation sites excluding steroid dienone is 2. The van der Waals surface area contributed by atoms with E-state index in [0.29, 0.717) is 12.1 Å². The third-order valence-electron chi connectivity index (χ3n) is 4.24. The van der Waals surface area contributed by atoms with Crippen LogP contribution in [0.3, 0.4) is 0 Å². The van der Waals surface area contributed by atoms with Crippen LogP contribution < -0.4 is 4.90 Å². The van der Waals surface area contributed by atoms with Crippen molar-refractivity contribution in [1.82, 2.24) is 0 Å². The lowest BCUT2D eigenvalue weighted by Crippen LogP contribution is -2.31. The van der Waals surface area contributed by atoms with Gasteiger partial charge in [-0.3, -0.25) is 9.59 Å². The van der Waals surface area contributed by atoms with Crippen molar-refractivity contribution in [1.29, 1.82) is 0 Å². The number of hydrogen-bond acceptors (Lipinski definition) is 3. The molecule has 0 radical (unpaired) electrons. The summed E-state index contributed by atoms with van der Waals surface area (Å²) in [6.07, 6.45) is 4.56. The minimum atomic E-state index is -0.299. The fourth-order valence-electron chi connectivity index (χ4n) is 3.20. The summed E-state index contributed by atoms with van der Waals surface area (Å²) in [5.74, 6) is -0.955. The lowest BCUT2D eigenvalue weighted by Gasteiger charge is -2.22. The highest BCUT2D eigenvalue weighted by Gasteiger charge is 2.50. The molecule has 0 bridgehead atoms. The number of imide groups is 1. The first kappa shape index (κ1) is 12.9. The summed E-state index contributed by atoms with van der Waals surface area (Å²) in [5, 5.41) is 9.97. The van der Waals surface area contributed by atoms with Crippen molar-refractivity contribution in [2.45, 2.75) is 20.3 Å². The number of phenolic OH excluding ortho intramolecular Hbond substituents is 1. The van der Waals surface area contributed by atoms with E-state index in [0.717, 1.165) is 5.56 Å². The van der Waals surface area contributed by atoms with Gasteiger partial charge in [-0.25, -0.2) is 4.90 Å². The van der Waals surface area contributed by atoms with Crippen LogP contribution in [0.4, 0.5) is 5.69 Å². The number of carbonyl (C=O) groups excluding carboxylic acids is 2. The lowest BCUT2D eigenvalue weighted by molar-refractivity contribution is -0.122. The second-order valence-electron chi connectivity index (χ2n) is 5.66. The molecule has 104 valence electrons. The van der Waals surface area contributed by atoms with E-state index in [2.05, 4.69) is 0 Å². The standard InChI is InChI=1S/C16H17NO3/c1-9-6-7-13(18)12(8-9)17-15(19)11-5-3-4-10(2)14(11)16(17)20/h3-4,6-8,10-11,14,18H,5H2,1-2H3/t10-,11+,14+/m1/s1. The normalized spacial score (nSPS) is 28.9. The highest BCUT2D eigenvalue weighted by Crippen LogP contribution is 2.42. The molecule has 0 unspecified atom stereocenters. The van der Waals surface area contributed by atoms with E-state index in [1.54, 1.807) is 12.1 Å². The average molecular weight is 271 g/mol. The van der Waals surface area contributed by atoms with Crippen LogP contribution in [0.1, 0.15) is 18.9 Å². The van der Waals surface area contributed by atoms with Crippen molar-refractivity contribution >= 4 is 17.5 Å². The Hall–Kier alpha value is -2.10. The second-order valence-corrected chi connectivity index (χ2v) is 5.66. The van der Waals surface area contributed by atoms with Gasteiger partial charge in [0.15, 0.2) is 0 Å². The minimum absolute atomic E-state index is 0.0310. The quantitative estimate of drug-likeness (QED) is 0.630. The summed E-state index contributed by atoms with van der Waals surface area (Å²) in [6, 6.07) is 4.95. The Balaban J connectivity index is 2.06. The third kappa shape index (κ3) is 1.75. The number of rotatable bonds is 1. The maximum Gasteiger partial charge on any atom is 0.238 e. The maximum absolute atomic E-state index is 12.6. The van der Waals surface area contributed by atoms with Crippen LogP contribution in [-0.2, 0) is 9.59 Å². The Bertz CT molecular complexity index is 620. The first-order valence-corrected chi connectivity index (χ1v) is 6.85. The zero-order valence-electron chi connectivity index (χ0n) is 11.5. The number of hydrogen-bond donors (Lipinski definition) is 1. The van der Waals surface area contributed by atoms with Crippen LogP contribution in [0.25, 0.3) is 0 Å². The third-order valence-corrected chi connectivity index (χ3v) is 4.24. The number of phenols is 1. The Labute approximate surface area is 117 Å². The molecule has 2 aliphatic rings. The fourth-order valence-corrected chi connectivity index (χ4v) is 3.20. The molecule has 4 nitrogen and oxygen atoms in total. The van der Waals surface area contributed by atoms with Gasteiger partial charge in [0.1, 0.15) is 5.75 Å². The summed E-state index contributed by atoms with van der Waals surface area (Å²) in [5.41, 5.74) is 1.21. The van der Waals surface area contributed by atoms with Gasteiger partial charge in [0, 0.05) is 0 Å². The average Bonchev–Trinajstić information content (AvgIpc) is 2.66. The highest BCUT2D eigenvalue weighted by molar-refractivity contribution is 6.23. The summed E-state index contributed by atoms with van der Waals surface area (Å²) in [7, 11) is 0. The van der Waals surface area contributed by atoms with E-state index in [-0.39, 0.29) is 35.3 Å². The van der Waals surface area contributed by atoms with Gasteiger partial charge in [0.2, 0.25) is 11.8 Å². The molecule has 1 N–H and O–H groups in total. The van der Waals surface area contributed by atoms with Crippen LogP contribution >= 0.6 is 0 Å². The number of benzene rings is 1. The van der Waals surface area contributed by atoms with Crippen molar-refractivity contribution in [3.05, 3.63) is 35.9 Å². The molecule has 1 aliphatic carbocycles. The van der Waals surface area contributed by atoms with Crippen LogP contribution in [0.5, 0.6) is 5.75 Å². The van der Waals surface area contributed by atoms with Crippen molar-refractivity contribution in [3.63, 3.8) is 0 Å². The van der Waals surface area contributed by atoms with Gasteiger partial charge < -0.3 is 5.11 Å². The monoisotopic (exact) mass is 271 g/mol. The number of carbonyl (C=O) groups is 2. The van der Waals surface area contributed by atoms with Crippen molar-refractivity contribution in [2.75, 3.05) is 4.90 Å². The van der Waals surface area contributed by atoms with Gasteiger partial charge in [-0.1, -0.05) is 25.1 Å². The Morgan fingerprint density at radius 1 is 1.25 bits per heavy atom. The minimum Gasteiger partial charge on any atom is -0.506 e. The van der Waals surface area contributed by atoms with Gasteiger partial charge in [-0.15, -0.1) is 0 Å². The smallest absolute Gasteiger partial charge is 0.238 e. The van der Waals surface area contributed by atoms with E-state index in [4.69, 9.17) is 0 Å². The number of aromatic hydroxyl groups is 1. The summed E-state index contributed by atoms with van der Waals surface area (Å²) >= 11 is 0. The summed E-state index contributed by atoms with van der Waals surface area (Å²) in [6.45, 7) is 3.82. The fraction of sp³-hybridized carbons (Fsp3) is 0.375. The van der Waals surface area contributed by atoms with E-state index >= 15 is 0 Å². The molecular weight excluding hydrogens is 254 g/mol. The Morgan fingerprint density at radius 2 is 2.00 bits per heavy atom. The molecule has 3 rings (SSSR count). The van der Waals surface area contributed by atoms with Gasteiger partial charge in [-0.05, 0) is 37.0 Å². The maximum atomic E-state index is 12.6. The first-order chi connectivity index (χ1) is 9.50. The van der Waals surface area contributed by atoms with Gasteiger partial charge in [0.05, 0.1) is 17.5 Å². The number of aryl methyl sites for hydroxylation is 1. The lowest BCUT2D eigenvalue weighted by atomic mass is 9.78. The Kier molecular flexibility index (Phi) is 2.89. The van der Waals surface area contributed by atoms with E-state index in [1.807, 2.05) is 26.0 Å². The van der Waals surface area contributed by atoms with Gasteiger partial charge in [-0.2, -0.15) is 0 Å². The molecule has 0 aromatic heterocycles. The molecule has 1 aromatic rings. The van der Waals surface area contributed by atoms with Crippen LogP contribution in [0, 0.1) is 24.7 Å². The molecule has 1 fully saturated rings. The number of anilines is 1. The van der Waals surface area contributed by atoms with E-state index < -0.39 is 0 Å². The predicted octanol–water partition coefficient (Wildman–Crippen LogP) is 2.40. The zero-order chi connectivity index (χ0) is 14.4. The van der Waals surface area contributed by atoms with Crippen LogP contribution in [0.2, 0.25) is 0 Å². The largest absolute Gasteiger partial charge is 0.506 e. The van der Waals surface area contributed by atoms with Crippen LogP contribution in [-0.4, -0.2) is 16.9 Å². The summed E-state index contributed by atoms with van der Waals surface area (Å²) in [4.78, 5) is 26.3. The molecule has 1 saturated heterocycles. The Morgan fingerprint density at radius 3 is 2.70 bits per heavy atom. The first-order valence-electron chi connectivity index (χ1n) is 6.85. The van der Waals surface area contributed by atoms with Crippen molar-refractivity contribution in [2.24, 2.45) is 17.8 Å². The molecule has 3 atom stereocenters. The second kappa shape index (κ2) is 4.47. The molecular formula is C16H17NO3. The van der Waals surface area contributed by atoms with Gasteiger partial charge in [0.25, 0.3) is 0 Å².